The lowest BCUT2D eigenvalue weighted by atomic mass is 10.0. The summed E-state index contributed by atoms with van der Waals surface area (Å²) in [5.74, 6) is -0.144. The first kappa shape index (κ1) is 17.4. The van der Waals surface area contributed by atoms with Crippen LogP contribution in [-0.2, 0) is 22.7 Å². The van der Waals surface area contributed by atoms with Crippen LogP contribution in [0.5, 0.6) is 0 Å². The van der Waals surface area contributed by atoms with Crippen molar-refractivity contribution in [2.45, 2.75) is 19.3 Å². The van der Waals surface area contributed by atoms with Gasteiger partial charge in [-0.1, -0.05) is 66.7 Å². The molecule has 2 aromatic carbocycles. The quantitative estimate of drug-likeness (QED) is 0.682. The largest absolute Gasteiger partial charge is 0.390 e. The van der Waals surface area contributed by atoms with Crippen LogP contribution in [0.15, 0.2) is 73.3 Å². The molecule has 0 fully saturated rings. The number of hydrogen-bond donors (Lipinski definition) is 1. The lowest BCUT2D eigenvalue weighted by Gasteiger charge is -2.20. The number of ether oxygens (including phenoxy) is 2. The molecule has 0 bridgehead atoms. The number of hydrogen-bond acceptors (Lipinski definition) is 3. The van der Waals surface area contributed by atoms with Gasteiger partial charge < -0.3 is 14.6 Å². The molecule has 23 heavy (non-hydrogen) atoms. The van der Waals surface area contributed by atoms with Crippen molar-refractivity contribution in [3.63, 3.8) is 0 Å². The van der Waals surface area contributed by atoms with E-state index in [-0.39, 0.29) is 12.5 Å². The summed E-state index contributed by atoms with van der Waals surface area (Å²) < 4.78 is 11.2. The van der Waals surface area contributed by atoms with Crippen LogP contribution in [0.25, 0.3) is 0 Å². The van der Waals surface area contributed by atoms with Crippen LogP contribution in [0.1, 0.15) is 11.1 Å². The van der Waals surface area contributed by atoms with Gasteiger partial charge >= 0.3 is 0 Å². The summed E-state index contributed by atoms with van der Waals surface area (Å²) in [6, 6.07) is 19.9. The van der Waals surface area contributed by atoms with Crippen molar-refractivity contribution in [2.75, 3.05) is 13.2 Å². The summed E-state index contributed by atoms with van der Waals surface area (Å²) >= 11 is 0. The molecule has 0 aliphatic rings. The molecule has 0 unspecified atom stereocenters. The van der Waals surface area contributed by atoms with Gasteiger partial charge in [-0.25, -0.2) is 0 Å². The summed E-state index contributed by atoms with van der Waals surface area (Å²) in [6.45, 7) is 5.49. The van der Waals surface area contributed by atoms with Crippen molar-refractivity contribution < 1.29 is 14.6 Å². The minimum Gasteiger partial charge on any atom is -0.390 e. The number of aliphatic hydroxyl groups is 1. The van der Waals surface area contributed by atoms with Crippen LogP contribution in [0.2, 0.25) is 0 Å². The average molecular weight is 312 g/mol. The zero-order chi connectivity index (χ0) is 16.3. The van der Waals surface area contributed by atoms with E-state index in [1.165, 1.54) is 0 Å². The van der Waals surface area contributed by atoms with E-state index in [1.54, 1.807) is 6.08 Å². The van der Waals surface area contributed by atoms with E-state index >= 15 is 0 Å². The fourth-order valence-electron chi connectivity index (χ4n) is 2.22. The molecule has 0 radical (unpaired) electrons. The summed E-state index contributed by atoms with van der Waals surface area (Å²) in [5.41, 5.74) is 2.21. The molecule has 122 valence electrons. The highest BCUT2D eigenvalue weighted by Gasteiger charge is 2.16. The standard InChI is InChI=1S/C20H24O3/c1-2-19(15-22-13-17-9-5-3-6-10-17)20(21)16-23-14-18-11-7-4-8-12-18/h2-12,19-21H,1,13-16H2/t19-,20+/m1/s1. The predicted molar refractivity (Wildman–Crippen MR) is 91.9 cm³/mol. The van der Waals surface area contributed by atoms with Gasteiger partial charge in [0.15, 0.2) is 0 Å². The molecule has 0 heterocycles. The van der Waals surface area contributed by atoms with Crippen LogP contribution < -0.4 is 0 Å². The molecular formula is C20H24O3. The van der Waals surface area contributed by atoms with Gasteiger partial charge in [0.2, 0.25) is 0 Å². The Balaban J connectivity index is 1.68. The second-order valence-corrected chi connectivity index (χ2v) is 5.47. The third-order valence-electron chi connectivity index (χ3n) is 3.62. The summed E-state index contributed by atoms with van der Waals surface area (Å²) in [4.78, 5) is 0. The third kappa shape index (κ3) is 6.37. The monoisotopic (exact) mass is 312 g/mol. The minimum absolute atomic E-state index is 0.144. The first-order valence-corrected chi connectivity index (χ1v) is 7.83. The van der Waals surface area contributed by atoms with Gasteiger partial charge in [-0.2, -0.15) is 0 Å². The second kappa shape index (κ2) is 9.95. The fraction of sp³-hybridized carbons (Fsp3) is 0.300. The summed E-state index contributed by atoms with van der Waals surface area (Å²) in [5, 5.41) is 10.2. The normalized spacial score (nSPS) is 13.4. The molecule has 0 saturated carbocycles. The molecule has 2 rings (SSSR count). The topological polar surface area (TPSA) is 38.7 Å². The van der Waals surface area contributed by atoms with Crippen LogP contribution in [0.3, 0.4) is 0 Å². The molecule has 2 atom stereocenters. The van der Waals surface area contributed by atoms with Crippen LogP contribution in [0.4, 0.5) is 0 Å². The number of aliphatic hydroxyl groups excluding tert-OH is 1. The van der Waals surface area contributed by atoms with Gasteiger partial charge in [-0.3, -0.25) is 0 Å². The molecule has 1 N–H and O–H groups in total. The molecule has 0 aliphatic carbocycles. The Labute approximate surface area is 138 Å². The Kier molecular flexibility index (Phi) is 7.54. The SMILES string of the molecule is C=C[C@H](COCc1ccccc1)[C@@H](O)COCc1ccccc1. The van der Waals surface area contributed by atoms with Gasteiger partial charge in [0.1, 0.15) is 0 Å². The average Bonchev–Trinajstić information content (AvgIpc) is 2.60. The molecule has 3 heteroatoms. The van der Waals surface area contributed by atoms with Gasteiger partial charge in [-0.05, 0) is 11.1 Å². The summed E-state index contributed by atoms with van der Waals surface area (Å²) in [6.07, 6.45) is 1.11. The highest BCUT2D eigenvalue weighted by atomic mass is 16.5. The van der Waals surface area contributed by atoms with E-state index in [1.807, 2.05) is 60.7 Å². The molecular weight excluding hydrogens is 288 g/mol. The fourth-order valence-corrected chi connectivity index (χ4v) is 2.22. The maximum absolute atomic E-state index is 10.2. The smallest absolute Gasteiger partial charge is 0.0858 e. The highest BCUT2D eigenvalue weighted by molar-refractivity contribution is 5.14. The van der Waals surface area contributed by atoms with Gasteiger partial charge in [-0.15, -0.1) is 6.58 Å². The van der Waals surface area contributed by atoms with E-state index in [9.17, 15) is 5.11 Å². The molecule has 3 nitrogen and oxygen atoms in total. The predicted octanol–water partition coefficient (Wildman–Crippen LogP) is 3.58. The van der Waals surface area contributed by atoms with Crippen molar-refractivity contribution in [2.24, 2.45) is 5.92 Å². The van der Waals surface area contributed by atoms with E-state index in [0.29, 0.717) is 19.8 Å². The number of rotatable bonds is 10. The van der Waals surface area contributed by atoms with Gasteiger partial charge in [0.25, 0.3) is 0 Å². The zero-order valence-electron chi connectivity index (χ0n) is 13.3. The van der Waals surface area contributed by atoms with Gasteiger partial charge in [0.05, 0.1) is 32.5 Å². The Morgan fingerprint density at radius 3 is 1.78 bits per heavy atom. The third-order valence-corrected chi connectivity index (χ3v) is 3.62. The Morgan fingerprint density at radius 1 is 0.826 bits per heavy atom. The van der Waals surface area contributed by atoms with Crippen LogP contribution in [0, 0.1) is 5.92 Å². The zero-order valence-corrected chi connectivity index (χ0v) is 13.3. The Bertz CT molecular complexity index is 554. The lowest BCUT2D eigenvalue weighted by Crippen LogP contribution is -2.28. The van der Waals surface area contributed by atoms with E-state index in [4.69, 9.17) is 9.47 Å². The van der Waals surface area contributed by atoms with E-state index in [0.717, 1.165) is 11.1 Å². The van der Waals surface area contributed by atoms with Crippen LogP contribution >= 0.6 is 0 Å². The Hall–Kier alpha value is -1.94. The van der Waals surface area contributed by atoms with Crippen LogP contribution in [-0.4, -0.2) is 24.4 Å². The molecule has 2 aromatic rings. The highest BCUT2D eigenvalue weighted by Crippen LogP contribution is 2.10. The molecule has 0 spiro atoms. The van der Waals surface area contributed by atoms with Crippen molar-refractivity contribution >= 4 is 0 Å². The molecule has 0 amide bonds. The van der Waals surface area contributed by atoms with Crippen molar-refractivity contribution in [3.8, 4) is 0 Å². The van der Waals surface area contributed by atoms with Gasteiger partial charge in [0, 0.05) is 5.92 Å². The first-order chi connectivity index (χ1) is 11.3. The lowest BCUT2D eigenvalue weighted by molar-refractivity contribution is -0.0180. The molecule has 0 saturated heterocycles. The summed E-state index contributed by atoms with van der Waals surface area (Å²) in [7, 11) is 0. The molecule has 0 aromatic heterocycles. The van der Waals surface area contributed by atoms with E-state index < -0.39 is 6.10 Å². The Morgan fingerprint density at radius 2 is 1.30 bits per heavy atom. The maximum Gasteiger partial charge on any atom is 0.0858 e. The van der Waals surface area contributed by atoms with E-state index in [2.05, 4.69) is 6.58 Å². The number of benzene rings is 2. The van der Waals surface area contributed by atoms with Crippen molar-refractivity contribution in [1.82, 2.24) is 0 Å². The minimum atomic E-state index is -0.619. The van der Waals surface area contributed by atoms with Crippen molar-refractivity contribution in [3.05, 3.63) is 84.4 Å². The molecule has 0 aliphatic heterocycles. The maximum atomic E-state index is 10.2. The second-order valence-electron chi connectivity index (χ2n) is 5.47. The first-order valence-electron chi connectivity index (χ1n) is 7.83. The van der Waals surface area contributed by atoms with Crippen molar-refractivity contribution in [1.29, 1.82) is 0 Å².